The number of thioether (sulfide) groups is 1. The molecule has 3 nitrogen and oxygen atoms in total. The highest BCUT2D eigenvalue weighted by Crippen LogP contribution is 2.26. The highest BCUT2D eigenvalue weighted by molar-refractivity contribution is 8.14. The van der Waals surface area contributed by atoms with Gasteiger partial charge in [-0.1, -0.05) is 23.4 Å². The van der Waals surface area contributed by atoms with Crippen molar-refractivity contribution in [1.82, 2.24) is 5.01 Å². The number of hydrazone groups is 1. The van der Waals surface area contributed by atoms with Gasteiger partial charge in [0.2, 0.25) is 0 Å². The maximum atomic E-state index is 11.1. The van der Waals surface area contributed by atoms with Gasteiger partial charge in [-0.05, 0) is 12.1 Å². The first-order chi connectivity index (χ1) is 6.66. The Hall–Kier alpha value is -0.520. The third-order valence-electron chi connectivity index (χ3n) is 1.72. The number of hydrogen-bond donors (Lipinski definition) is 0. The van der Waals surface area contributed by atoms with Crippen molar-refractivity contribution < 1.29 is 4.79 Å². The van der Waals surface area contributed by atoms with Crippen LogP contribution in [0.1, 0.15) is 4.88 Å². The van der Waals surface area contributed by atoms with Crippen LogP contribution in [-0.4, -0.2) is 28.8 Å². The van der Waals surface area contributed by atoms with Gasteiger partial charge in [0, 0.05) is 12.8 Å². The first kappa shape index (κ1) is 10.0. The van der Waals surface area contributed by atoms with Crippen LogP contribution in [0, 0.1) is 0 Å². The molecule has 2 rings (SSSR count). The maximum absolute atomic E-state index is 11.1. The average Bonchev–Trinajstić information content (AvgIpc) is 2.57. The largest absolute Gasteiger partial charge is 0.301 e. The Morgan fingerprint density at radius 3 is 2.93 bits per heavy atom. The number of amides is 1. The summed E-state index contributed by atoms with van der Waals surface area (Å²) in [5.41, 5.74) is 0.911. The zero-order valence-corrected chi connectivity index (χ0v) is 9.75. The fourth-order valence-electron chi connectivity index (χ4n) is 1.06. The molecule has 1 aliphatic rings. The van der Waals surface area contributed by atoms with E-state index in [4.69, 9.17) is 11.6 Å². The Balaban J connectivity index is 2.28. The van der Waals surface area contributed by atoms with Crippen molar-refractivity contribution in [1.29, 1.82) is 0 Å². The number of nitrogens with zero attached hydrogens (tertiary/aromatic N) is 2. The van der Waals surface area contributed by atoms with Gasteiger partial charge in [-0.3, -0.25) is 4.79 Å². The summed E-state index contributed by atoms with van der Waals surface area (Å²) in [5, 5.41) is 5.52. The molecule has 0 aliphatic carbocycles. The van der Waals surface area contributed by atoms with Crippen LogP contribution in [0.4, 0.5) is 4.79 Å². The van der Waals surface area contributed by atoms with Crippen LogP contribution in [0.2, 0.25) is 4.34 Å². The van der Waals surface area contributed by atoms with Gasteiger partial charge in [0.1, 0.15) is 0 Å². The second-order valence-corrected chi connectivity index (χ2v) is 5.37. The van der Waals surface area contributed by atoms with Crippen LogP contribution in [0.3, 0.4) is 0 Å². The topological polar surface area (TPSA) is 32.7 Å². The third kappa shape index (κ3) is 1.94. The second-order valence-electron chi connectivity index (χ2n) is 2.73. The monoisotopic (exact) mass is 246 g/mol. The van der Waals surface area contributed by atoms with Crippen molar-refractivity contribution >= 4 is 45.7 Å². The van der Waals surface area contributed by atoms with E-state index < -0.39 is 0 Å². The van der Waals surface area contributed by atoms with Crippen molar-refractivity contribution in [2.45, 2.75) is 0 Å². The molecule has 1 amide bonds. The Morgan fingerprint density at radius 1 is 1.57 bits per heavy atom. The number of carbonyl (C=O) groups excluding carboxylic acids is 1. The maximum Gasteiger partial charge on any atom is 0.301 e. The molecule has 0 aromatic carbocycles. The zero-order valence-electron chi connectivity index (χ0n) is 7.36. The van der Waals surface area contributed by atoms with Gasteiger partial charge in [-0.25, -0.2) is 5.01 Å². The fraction of sp³-hybridized carbons (Fsp3) is 0.250. The van der Waals surface area contributed by atoms with Crippen LogP contribution < -0.4 is 0 Å². The van der Waals surface area contributed by atoms with E-state index in [1.807, 2.05) is 12.1 Å². The van der Waals surface area contributed by atoms with Crippen LogP contribution in [0.25, 0.3) is 0 Å². The van der Waals surface area contributed by atoms with E-state index in [1.54, 1.807) is 7.05 Å². The Labute approximate surface area is 94.7 Å². The highest BCUT2D eigenvalue weighted by Gasteiger charge is 2.19. The molecule has 0 atom stereocenters. The molecule has 0 saturated heterocycles. The lowest BCUT2D eigenvalue weighted by Crippen LogP contribution is -2.25. The lowest BCUT2D eigenvalue weighted by molar-refractivity contribution is 0.235. The Bertz CT molecular complexity index is 402. The van der Waals surface area contributed by atoms with Gasteiger partial charge >= 0.3 is 5.24 Å². The second kappa shape index (κ2) is 3.92. The van der Waals surface area contributed by atoms with Crippen molar-refractivity contribution in [3.8, 4) is 0 Å². The minimum Gasteiger partial charge on any atom is -0.260 e. The van der Waals surface area contributed by atoms with E-state index >= 15 is 0 Å². The first-order valence-corrected chi connectivity index (χ1v) is 6.08. The van der Waals surface area contributed by atoms with Gasteiger partial charge in [-0.2, -0.15) is 5.10 Å². The van der Waals surface area contributed by atoms with Gasteiger partial charge in [0.25, 0.3) is 0 Å². The molecule has 1 aromatic rings. The molecular formula is C8H7ClN2OS2. The summed E-state index contributed by atoms with van der Waals surface area (Å²) in [6.07, 6.45) is 0. The van der Waals surface area contributed by atoms with Crippen molar-refractivity contribution in [2.24, 2.45) is 5.10 Å². The normalized spacial score (nSPS) is 17.1. The summed E-state index contributed by atoms with van der Waals surface area (Å²) >= 11 is 8.56. The predicted molar refractivity (Wildman–Crippen MR) is 61.5 cm³/mol. The molecule has 0 unspecified atom stereocenters. The SMILES string of the molecule is CN1N=C(c2ccc(Cl)s2)CSC1=O. The van der Waals surface area contributed by atoms with Crippen LogP contribution in [0.15, 0.2) is 17.2 Å². The molecule has 14 heavy (non-hydrogen) atoms. The summed E-state index contributed by atoms with van der Waals surface area (Å²) in [6.45, 7) is 0. The number of thiophene rings is 1. The van der Waals surface area contributed by atoms with Crippen LogP contribution >= 0.6 is 34.7 Å². The number of carbonyl (C=O) groups is 1. The molecule has 1 aliphatic heterocycles. The number of rotatable bonds is 1. The minimum atomic E-state index is -0.0172. The van der Waals surface area contributed by atoms with Gasteiger partial charge in [0.15, 0.2) is 0 Å². The molecule has 0 N–H and O–H groups in total. The summed E-state index contributed by atoms with van der Waals surface area (Å²) in [5.74, 6) is 0.625. The van der Waals surface area contributed by atoms with Gasteiger partial charge in [0.05, 0.1) is 14.9 Å². The van der Waals surface area contributed by atoms with Gasteiger partial charge < -0.3 is 0 Å². The number of hydrogen-bond acceptors (Lipinski definition) is 4. The van der Waals surface area contributed by atoms with Crippen LogP contribution in [0.5, 0.6) is 0 Å². The summed E-state index contributed by atoms with van der Waals surface area (Å²) < 4.78 is 0.743. The molecule has 0 radical (unpaired) electrons. The van der Waals surface area contributed by atoms with E-state index in [1.165, 1.54) is 28.1 Å². The fourth-order valence-corrected chi connectivity index (χ4v) is 2.88. The smallest absolute Gasteiger partial charge is 0.260 e. The summed E-state index contributed by atoms with van der Waals surface area (Å²) in [4.78, 5) is 12.2. The highest BCUT2D eigenvalue weighted by atomic mass is 35.5. The molecular weight excluding hydrogens is 240 g/mol. The molecule has 6 heteroatoms. The Morgan fingerprint density at radius 2 is 2.36 bits per heavy atom. The molecule has 0 spiro atoms. The van der Waals surface area contributed by atoms with E-state index in [0.717, 1.165) is 14.9 Å². The van der Waals surface area contributed by atoms with E-state index in [9.17, 15) is 4.79 Å². The molecule has 2 heterocycles. The molecule has 0 fully saturated rings. The van der Waals surface area contributed by atoms with Crippen molar-refractivity contribution in [2.75, 3.05) is 12.8 Å². The van der Waals surface area contributed by atoms with Crippen molar-refractivity contribution in [3.05, 3.63) is 21.3 Å². The molecule has 74 valence electrons. The van der Waals surface area contributed by atoms with E-state index in [2.05, 4.69) is 5.10 Å². The molecule has 0 bridgehead atoms. The lowest BCUT2D eigenvalue weighted by Gasteiger charge is -2.17. The van der Waals surface area contributed by atoms with Gasteiger partial charge in [-0.15, -0.1) is 11.3 Å². The first-order valence-electron chi connectivity index (χ1n) is 3.90. The lowest BCUT2D eigenvalue weighted by atomic mass is 10.3. The Kier molecular flexibility index (Phi) is 2.80. The van der Waals surface area contributed by atoms with E-state index in [-0.39, 0.29) is 5.24 Å². The predicted octanol–water partition coefficient (Wildman–Crippen LogP) is 2.90. The zero-order chi connectivity index (χ0) is 10.1. The van der Waals surface area contributed by atoms with Crippen molar-refractivity contribution in [3.63, 3.8) is 0 Å². The molecule has 0 saturated carbocycles. The summed E-state index contributed by atoms with van der Waals surface area (Å²) in [6, 6.07) is 3.77. The average molecular weight is 247 g/mol. The quantitative estimate of drug-likeness (QED) is 0.763. The standard InChI is InChI=1S/C8H7ClN2OS2/c1-11-8(12)13-4-5(10-11)6-2-3-7(9)14-6/h2-3H,4H2,1H3. The third-order valence-corrected chi connectivity index (χ3v) is 3.93. The van der Waals surface area contributed by atoms with E-state index in [0.29, 0.717) is 5.75 Å². The number of halogens is 1. The molecule has 1 aromatic heterocycles. The minimum absolute atomic E-state index is 0.0172. The van der Waals surface area contributed by atoms with Crippen LogP contribution in [-0.2, 0) is 0 Å². The summed E-state index contributed by atoms with van der Waals surface area (Å²) in [7, 11) is 1.66.